The summed E-state index contributed by atoms with van der Waals surface area (Å²) >= 11 is 0. The first-order chi connectivity index (χ1) is 10.6. The van der Waals surface area contributed by atoms with Crippen LogP contribution in [0.4, 0.5) is 0 Å². The van der Waals surface area contributed by atoms with Crippen LogP contribution in [0.15, 0.2) is 0 Å². The Kier molecular flexibility index (Phi) is 22.1. The Morgan fingerprint density at radius 2 is 1.32 bits per heavy atom. The zero-order valence-electron chi connectivity index (χ0n) is 15.1. The van der Waals surface area contributed by atoms with E-state index in [1.165, 1.54) is 0 Å². The molecule has 0 aromatic rings. The summed E-state index contributed by atoms with van der Waals surface area (Å²) in [7, 11) is 0. The first-order valence-corrected chi connectivity index (χ1v) is 8.29. The molecule has 6 nitrogen and oxygen atoms in total. The number of Topliss-reactive ketones (excluding diaryl/α,β-unsaturated/α-hetero) is 1. The summed E-state index contributed by atoms with van der Waals surface area (Å²) in [5.41, 5.74) is 0. The average Bonchev–Trinajstić information content (AvgIpc) is 2.49. The van der Waals surface area contributed by atoms with E-state index in [4.69, 9.17) is 14.2 Å². The minimum atomic E-state index is 0.136. The van der Waals surface area contributed by atoms with Crippen LogP contribution in [0.25, 0.3) is 0 Å². The van der Waals surface area contributed by atoms with E-state index in [2.05, 4.69) is 24.5 Å². The molecule has 0 radical (unpaired) electrons. The van der Waals surface area contributed by atoms with Gasteiger partial charge in [0, 0.05) is 19.1 Å². The lowest BCUT2D eigenvalue weighted by Gasteiger charge is -2.09. The second-order valence-electron chi connectivity index (χ2n) is 4.82. The molecule has 134 valence electrons. The van der Waals surface area contributed by atoms with Gasteiger partial charge in [0.25, 0.3) is 0 Å². The maximum atomic E-state index is 10.6. The molecule has 0 spiro atoms. The maximum absolute atomic E-state index is 10.6. The van der Waals surface area contributed by atoms with Crippen molar-refractivity contribution in [2.24, 2.45) is 0 Å². The third-order valence-electron chi connectivity index (χ3n) is 2.34. The van der Waals surface area contributed by atoms with E-state index in [9.17, 15) is 4.79 Å². The minimum Gasteiger partial charge on any atom is -0.378 e. The second-order valence-corrected chi connectivity index (χ2v) is 4.82. The highest BCUT2D eigenvalue weighted by Gasteiger charge is 1.94. The molecular weight excluding hydrogens is 284 g/mol. The van der Waals surface area contributed by atoms with E-state index in [1.807, 2.05) is 13.8 Å². The van der Waals surface area contributed by atoms with Crippen molar-refractivity contribution in [3.8, 4) is 0 Å². The lowest BCUT2D eigenvalue weighted by Crippen LogP contribution is -2.27. The fourth-order valence-corrected chi connectivity index (χ4v) is 1.37. The summed E-state index contributed by atoms with van der Waals surface area (Å²) in [5.74, 6) is 0.136. The van der Waals surface area contributed by atoms with Crippen LogP contribution in [0.5, 0.6) is 0 Å². The fraction of sp³-hybridized carbons (Fsp3) is 0.938. The van der Waals surface area contributed by atoms with Gasteiger partial charge in [-0.2, -0.15) is 0 Å². The molecule has 0 amide bonds. The Hall–Kier alpha value is -0.530. The Morgan fingerprint density at radius 1 is 0.864 bits per heavy atom. The van der Waals surface area contributed by atoms with Crippen LogP contribution < -0.4 is 10.6 Å². The lowest BCUT2D eigenvalue weighted by molar-refractivity contribution is -0.116. The van der Waals surface area contributed by atoms with E-state index in [-0.39, 0.29) is 5.78 Å². The third-order valence-corrected chi connectivity index (χ3v) is 2.34. The Labute approximate surface area is 136 Å². The molecule has 0 aliphatic rings. The third kappa shape index (κ3) is 24.5. The molecule has 0 heterocycles. The summed E-state index contributed by atoms with van der Waals surface area (Å²) in [6, 6.07) is 0.497. The van der Waals surface area contributed by atoms with Crippen LogP contribution in [0, 0.1) is 0 Å². The molecule has 0 aromatic heterocycles. The minimum absolute atomic E-state index is 0.136. The lowest BCUT2D eigenvalue weighted by atomic mass is 10.4. The molecule has 0 atom stereocenters. The highest BCUT2D eigenvalue weighted by atomic mass is 16.5. The van der Waals surface area contributed by atoms with Gasteiger partial charge < -0.3 is 24.8 Å². The van der Waals surface area contributed by atoms with Gasteiger partial charge in [0.05, 0.1) is 46.2 Å². The number of nitrogens with one attached hydrogen (secondary N) is 2. The number of carbonyl (C=O) groups is 1. The van der Waals surface area contributed by atoms with Crippen molar-refractivity contribution in [1.82, 2.24) is 10.6 Å². The summed E-state index contributed by atoms with van der Waals surface area (Å²) in [6.45, 7) is 15.4. The first-order valence-electron chi connectivity index (χ1n) is 8.29. The largest absolute Gasteiger partial charge is 0.378 e. The van der Waals surface area contributed by atoms with Gasteiger partial charge in [0.2, 0.25) is 0 Å². The Morgan fingerprint density at radius 3 is 1.77 bits per heavy atom. The highest BCUT2D eigenvalue weighted by molar-refractivity contribution is 5.77. The Balaban J connectivity index is 0. The number of carbonyl (C=O) groups excluding carboxylic acids is 1. The topological polar surface area (TPSA) is 68.8 Å². The number of ether oxygens (including phenoxy) is 3. The molecule has 22 heavy (non-hydrogen) atoms. The van der Waals surface area contributed by atoms with Crippen LogP contribution >= 0.6 is 0 Å². The number of ketones is 1. The second kappa shape index (κ2) is 20.5. The van der Waals surface area contributed by atoms with E-state index in [0.717, 1.165) is 6.54 Å². The quantitative estimate of drug-likeness (QED) is 0.443. The van der Waals surface area contributed by atoms with E-state index < -0.39 is 0 Å². The van der Waals surface area contributed by atoms with Crippen LogP contribution in [-0.2, 0) is 19.0 Å². The average molecular weight is 320 g/mol. The smallest absolute Gasteiger partial charge is 0.143 e. The van der Waals surface area contributed by atoms with Crippen LogP contribution in [-0.4, -0.2) is 71.1 Å². The molecule has 0 rings (SSSR count). The first kappa shape index (κ1) is 23.7. The standard InChI is InChI=1S/C14H30N2O4.C2H6/c1-13(2)16-5-7-19-9-11-20-10-8-18-6-4-15-12-14(3)17;1-2/h13,15-16H,4-12H2,1-3H3;1-2H3. The molecule has 0 fully saturated rings. The highest BCUT2D eigenvalue weighted by Crippen LogP contribution is 1.82. The number of hydrogen-bond acceptors (Lipinski definition) is 6. The van der Waals surface area contributed by atoms with Crippen molar-refractivity contribution < 1.29 is 19.0 Å². The van der Waals surface area contributed by atoms with Gasteiger partial charge in [-0.15, -0.1) is 0 Å². The van der Waals surface area contributed by atoms with Gasteiger partial charge in [0.1, 0.15) is 5.78 Å². The van der Waals surface area contributed by atoms with Crippen molar-refractivity contribution in [3.05, 3.63) is 0 Å². The molecule has 0 aliphatic carbocycles. The Bertz CT molecular complexity index is 226. The normalized spacial score (nSPS) is 10.5. The van der Waals surface area contributed by atoms with Crippen molar-refractivity contribution in [2.45, 2.75) is 40.7 Å². The van der Waals surface area contributed by atoms with Gasteiger partial charge >= 0.3 is 0 Å². The maximum Gasteiger partial charge on any atom is 0.143 e. The van der Waals surface area contributed by atoms with Crippen molar-refractivity contribution in [3.63, 3.8) is 0 Å². The van der Waals surface area contributed by atoms with Crippen molar-refractivity contribution >= 4 is 5.78 Å². The number of hydrogen-bond donors (Lipinski definition) is 2. The molecular formula is C16H36N2O4. The van der Waals surface area contributed by atoms with Crippen LogP contribution in [0.3, 0.4) is 0 Å². The zero-order chi connectivity index (χ0) is 17.1. The summed E-state index contributed by atoms with van der Waals surface area (Å²) in [6.07, 6.45) is 0. The molecule has 0 saturated carbocycles. The molecule has 0 bridgehead atoms. The molecule has 0 aliphatic heterocycles. The van der Waals surface area contributed by atoms with Gasteiger partial charge in [-0.3, -0.25) is 4.79 Å². The molecule has 0 unspecified atom stereocenters. The van der Waals surface area contributed by atoms with E-state index in [0.29, 0.717) is 58.8 Å². The van der Waals surface area contributed by atoms with Crippen molar-refractivity contribution in [1.29, 1.82) is 0 Å². The van der Waals surface area contributed by atoms with Gasteiger partial charge in [0.15, 0.2) is 0 Å². The fourth-order valence-electron chi connectivity index (χ4n) is 1.37. The summed E-state index contributed by atoms with van der Waals surface area (Å²) in [5, 5.41) is 6.26. The predicted octanol–water partition coefficient (Wildman–Crippen LogP) is 1.24. The van der Waals surface area contributed by atoms with Crippen LogP contribution in [0.1, 0.15) is 34.6 Å². The van der Waals surface area contributed by atoms with Gasteiger partial charge in [-0.25, -0.2) is 0 Å². The van der Waals surface area contributed by atoms with Gasteiger partial charge in [-0.05, 0) is 6.92 Å². The monoisotopic (exact) mass is 320 g/mol. The summed E-state index contributed by atoms with van der Waals surface area (Å²) in [4.78, 5) is 10.6. The molecule has 2 N–H and O–H groups in total. The van der Waals surface area contributed by atoms with E-state index in [1.54, 1.807) is 6.92 Å². The molecule has 6 heteroatoms. The predicted molar refractivity (Wildman–Crippen MR) is 90.5 cm³/mol. The summed E-state index contributed by atoms with van der Waals surface area (Å²) < 4.78 is 16.1. The van der Waals surface area contributed by atoms with Crippen molar-refractivity contribution in [2.75, 3.05) is 59.3 Å². The van der Waals surface area contributed by atoms with Gasteiger partial charge in [-0.1, -0.05) is 27.7 Å². The molecule has 0 saturated heterocycles. The molecule has 0 aromatic carbocycles. The SMILES string of the molecule is CC.CC(=O)CNCCOCCOCCOCCNC(C)C. The van der Waals surface area contributed by atoms with Crippen LogP contribution in [0.2, 0.25) is 0 Å². The van der Waals surface area contributed by atoms with E-state index >= 15 is 0 Å². The zero-order valence-corrected chi connectivity index (χ0v) is 15.1. The number of rotatable bonds is 15.